The molecule has 0 heterocycles. The monoisotopic (exact) mass is 216 g/mol. The van der Waals surface area contributed by atoms with E-state index in [1.54, 1.807) is 0 Å². The minimum absolute atomic E-state index is 0.00627. The maximum Gasteiger partial charge on any atom is 0.183 e. The standard InChI is InChI=1S/C10H10Cl2O/c1-5(2)6-3-4-7-8(6)9(13)10(7,11)12/h3-4,7-8H,1-2H3/t7-,8+/m1/s1. The van der Waals surface area contributed by atoms with Crippen LogP contribution >= 0.6 is 23.2 Å². The van der Waals surface area contributed by atoms with Crippen molar-refractivity contribution in [3.63, 3.8) is 0 Å². The maximum atomic E-state index is 11.5. The van der Waals surface area contributed by atoms with Crippen molar-refractivity contribution in [1.29, 1.82) is 0 Å². The molecular formula is C10H10Cl2O. The molecule has 0 aromatic heterocycles. The van der Waals surface area contributed by atoms with Crippen LogP contribution in [0.4, 0.5) is 0 Å². The van der Waals surface area contributed by atoms with E-state index in [1.807, 2.05) is 26.0 Å². The summed E-state index contributed by atoms with van der Waals surface area (Å²) in [6.45, 7) is 4.00. The lowest BCUT2D eigenvalue weighted by atomic mass is 9.71. The van der Waals surface area contributed by atoms with Gasteiger partial charge in [-0.15, -0.1) is 0 Å². The second-order valence-corrected chi connectivity index (χ2v) is 5.19. The van der Waals surface area contributed by atoms with Crippen LogP contribution in [0.1, 0.15) is 13.8 Å². The molecule has 0 amide bonds. The van der Waals surface area contributed by atoms with Crippen LogP contribution in [0, 0.1) is 11.8 Å². The van der Waals surface area contributed by atoms with Gasteiger partial charge in [0, 0.05) is 5.92 Å². The third kappa shape index (κ3) is 1.04. The average molecular weight is 217 g/mol. The van der Waals surface area contributed by atoms with Crippen molar-refractivity contribution >= 4 is 29.0 Å². The van der Waals surface area contributed by atoms with E-state index in [0.717, 1.165) is 5.57 Å². The highest BCUT2D eigenvalue weighted by Crippen LogP contribution is 2.56. The van der Waals surface area contributed by atoms with Crippen LogP contribution in [-0.2, 0) is 4.79 Å². The van der Waals surface area contributed by atoms with Gasteiger partial charge in [-0.3, -0.25) is 4.79 Å². The minimum atomic E-state index is -1.17. The first-order chi connectivity index (χ1) is 5.96. The predicted octanol–water partition coefficient (Wildman–Crippen LogP) is 2.88. The molecule has 0 radical (unpaired) electrons. The van der Waals surface area contributed by atoms with Crippen LogP contribution in [-0.4, -0.2) is 10.1 Å². The number of allylic oxidation sites excluding steroid dienone is 4. The Labute approximate surface area is 87.4 Å². The van der Waals surface area contributed by atoms with E-state index in [9.17, 15) is 4.79 Å². The molecular weight excluding hydrogens is 207 g/mol. The Kier molecular flexibility index (Phi) is 1.87. The fraction of sp³-hybridized carbons (Fsp3) is 0.500. The van der Waals surface area contributed by atoms with Gasteiger partial charge in [0.05, 0.1) is 5.92 Å². The topological polar surface area (TPSA) is 17.1 Å². The fourth-order valence-corrected chi connectivity index (χ4v) is 2.64. The van der Waals surface area contributed by atoms with Crippen molar-refractivity contribution in [3.05, 3.63) is 23.3 Å². The SMILES string of the molecule is CC(C)=C1C=C[C@@H]2[C@H]1C(=O)C2(Cl)Cl. The van der Waals surface area contributed by atoms with Crippen LogP contribution < -0.4 is 0 Å². The minimum Gasteiger partial charge on any atom is -0.296 e. The first-order valence-corrected chi connectivity index (χ1v) is 4.99. The lowest BCUT2D eigenvalue weighted by Crippen LogP contribution is -2.54. The predicted molar refractivity (Wildman–Crippen MR) is 53.9 cm³/mol. The maximum absolute atomic E-state index is 11.5. The summed E-state index contributed by atoms with van der Waals surface area (Å²) >= 11 is 11.7. The molecule has 0 saturated heterocycles. The van der Waals surface area contributed by atoms with E-state index in [-0.39, 0.29) is 17.6 Å². The van der Waals surface area contributed by atoms with Crippen LogP contribution in [0.15, 0.2) is 23.3 Å². The number of alkyl halides is 2. The molecule has 0 N–H and O–H groups in total. The molecule has 1 saturated carbocycles. The molecule has 0 bridgehead atoms. The van der Waals surface area contributed by atoms with E-state index in [4.69, 9.17) is 23.2 Å². The highest BCUT2D eigenvalue weighted by molar-refractivity contribution is 6.61. The van der Waals surface area contributed by atoms with Gasteiger partial charge < -0.3 is 0 Å². The molecule has 2 rings (SSSR count). The fourth-order valence-electron chi connectivity index (χ4n) is 2.00. The van der Waals surface area contributed by atoms with Gasteiger partial charge in [0.15, 0.2) is 10.1 Å². The van der Waals surface area contributed by atoms with Gasteiger partial charge in [0.2, 0.25) is 0 Å². The molecule has 0 aliphatic heterocycles. The number of carbonyl (C=O) groups is 1. The highest BCUT2D eigenvalue weighted by Gasteiger charge is 2.61. The molecule has 3 heteroatoms. The third-order valence-corrected chi connectivity index (χ3v) is 3.66. The average Bonchev–Trinajstić information content (AvgIpc) is 2.45. The van der Waals surface area contributed by atoms with Gasteiger partial charge in [-0.05, 0) is 19.4 Å². The van der Waals surface area contributed by atoms with E-state index < -0.39 is 4.33 Å². The first kappa shape index (κ1) is 9.29. The first-order valence-electron chi connectivity index (χ1n) is 4.24. The Balaban J connectivity index is 2.38. The number of hydrogen-bond acceptors (Lipinski definition) is 1. The van der Waals surface area contributed by atoms with Crippen LogP contribution in [0.5, 0.6) is 0 Å². The van der Waals surface area contributed by atoms with E-state index in [1.165, 1.54) is 5.57 Å². The van der Waals surface area contributed by atoms with Gasteiger partial charge in [0.25, 0.3) is 0 Å². The summed E-state index contributed by atoms with van der Waals surface area (Å²) in [5, 5.41) is 0. The molecule has 2 aliphatic rings. The number of fused-ring (bicyclic) bond motifs is 1. The summed E-state index contributed by atoms with van der Waals surface area (Å²) in [7, 11) is 0. The van der Waals surface area contributed by atoms with Gasteiger partial charge in [-0.1, -0.05) is 40.9 Å². The Hall–Kier alpha value is -0.270. The molecule has 13 heavy (non-hydrogen) atoms. The summed E-state index contributed by atoms with van der Waals surface area (Å²) in [6, 6.07) is 0. The number of hydrogen-bond donors (Lipinski definition) is 0. The van der Waals surface area contributed by atoms with Gasteiger partial charge in [-0.25, -0.2) is 0 Å². The third-order valence-electron chi connectivity index (χ3n) is 2.78. The largest absolute Gasteiger partial charge is 0.296 e. The summed E-state index contributed by atoms with van der Waals surface area (Å²) in [5.74, 6) is -0.129. The zero-order valence-corrected chi connectivity index (χ0v) is 8.99. The number of carbonyl (C=O) groups excluding carboxylic acids is 1. The molecule has 1 nitrogen and oxygen atoms in total. The molecule has 0 spiro atoms. The summed E-state index contributed by atoms with van der Waals surface area (Å²) < 4.78 is -1.17. The van der Waals surface area contributed by atoms with Crippen molar-refractivity contribution in [2.24, 2.45) is 11.8 Å². The molecule has 1 fully saturated rings. The van der Waals surface area contributed by atoms with Crippen LogP contribution in [0.2, 0.25) is 0 Å². The van der Waals surface area contributed by atoms with Gasteiger partial charge >= 0.3 is 0 Å². The second-order valence-electron chi connectivity index (χ2n) is 3.81. The summed E-state index contributed by atoms with van der Waals surface area (Å²) in [5.41, 5.74) is 2.26. The quantitative estimate of drug-likeness (QED) is 0.570. The van der Waals surface area contributed by atoms with E-state index in [0.29, 0.717) is 0 Å². The van der Waals surface area contributed by atoms with Crippen molar-refractivity contribution in [2.75, 3.05) is 0 Å². The van der Waals surface area contributed by atoms with Crippen LogP contribution in [0.3, 0.4) is 0 Å². The van der Waals surface area contributed by atoms with Crippen molar-refractivity contribution < 1.29 is 4.79 Å². The Morgan fingerprint density at radius 1 is 1.46 bits per heavy atom. The zero-order valence-electron chi connectivity index (χ0n) is 7.47. The second kappa shape index (κ2) is 2.61. The van der Waals surface area contributed by atoms with E-state index in [2.05, 4.69) is 0 Å². The lowest BCUT2D eigenvalue weighted by molar-refractivity contribution is -0.131. The molecule has 2 aliphatic carbocycles. The molecule has 2 atom stereocenters. The smallest absolute Gasteiger partial charge is 0.183 e. The Morgan fingerprint density at radius 2 is 2.08 bits per heavy atom. The van der Waals surface area contributed by atoms with Crippen LogP contribution in [0.25, 0.3) is 0 Å². The normalized spacial score (nSPS) is 34.5. The molecule has 0 aromatic rings. The number of rotatable bonds is 0. The molecule has 70 valence electrons. The Bertz CT molecular complexity index is 335. The molecule has 0 aromatic carbocycles. The van der Waals surface area contributed by atoms with Gasteiger partial charge in [0.1, 0.15) is 0 Å². The van der Waals surface area contributed by atoms with Crippen molar-refractivity contribution in [1.82, 2.24) is 0 Å². The summed E-state index contributed by atoms with van der Waals surface area (Å²) in [4.78, 5) is 11.5. The zero-order chi connectivity index (χ0) is 9.80. The summed E-state index contributed by atoms with van der Waals surface area (Å²) in [6.07, 6.45) is 3.91. The van der Waals surface area contributed by atoms with Crippen molar-refractivity contribution in [3.8, 4) is 0 Å². The Morgan fingerprint density at radius 3 is 2.62 bits per heavy atom. The lowest BCUT2D eigenvalue weighted by Gasteiger charge is -2.41. The number of halogens is 2. The number of ketones is 1. The van der Waals surface area contributed by atoms with Crippen molar-refractivity contribution in [2.45, 2.75) is 18.2 Å². The highest BCUT2D eigenvalue weighted by atomic mass is 35.5. The number of Topliss-reactive ketones (excluding diaryl/α,β-unsaturated/α-hetero) is 1. The molecule has 0 unspecified atom stereocenters. The van der Waals surface area contributed by atoms with E-state index >= 15 is 0 Å². The van der Waals surface area contributed by atoms with Gasteiger partial charge in [-0.2, -0.15) is 0 Å².